The molecule has 1 unspecified atom stereocenters. The van der Waals surface area contributed by atoms with Crippen molar-refractivity contribution >= 4 is 25.6 Å². The number of fused-ring (bicyclic) bond motifs is 1. The second-order valence-corrected chi connectivity index (χ2v) is 8.31. The lowest BCUT2D eigenvalue weighted by Crippen LogP contribution is -2.48. The Labute approximate surface area is 129 Å². The van der Waals surface area contributed by atoms with Gasteiger partial charge in [0.1, 0.15) is 5.75 Å². The van der Waals surface area contributed by atoms with E-state index in [2.05, 4.69) is 5.32 Å². The largest absolute Gasteiger partial charge is 0.480 e. The summed E-state index contributed by atoms with van der Waals surface area (Å²) in [7, 11) is 1.54. The maximum absolute atomic E-state index is 12.2. The van der Waals surface area contributed by atoms with Gasteiger partial charge < -0.3 is 10.1 Å². The van der Waals surface area contributed by atoms with Gasteiger partial charge in [0, 0.05) is 22.6 Å². The van der Waals surface area contributed by atoms with Gasteiger partial charge in [0.2, 0.25) is 0 Å². The van der Waals surface area contributed by atoms with Gasteiger partial charge in [0.05, 0.1) is 4.90 Å². The molecule has 1 N–H and O–H groups in total. The summed E-state index contributed by atoms with van der Waals surface area (Å²) in [6, 6.07) is 4.36. The Balaban J connectivity index is 2.15. The van der Waals surface area contributed by atoms with Crippen molar-refractivity contribution in [1.29, 1.82) is 0 Å². The Bertz CT molecular complexity index is 670. The number of nitrogens with one attached hydrogen (secondary N) is 1. The lowest BCUT2D eigenvalue weighted by Gasteiger charge is -2.26. The molecule has 1 heterocycles. The van der Waals surface area contributed by atoms with Crippen LogP contribution in [0.15, 0.2) is 23.1 Å². The molecule has 1 aromatic carbocycles. The van der Waals surface area contributed by atoms with Gasteiger partial charge in [-0.15, -0.1) is 0 Å². The molecule has 5 nitrogen and oxygen atoms in total. The van der Waals surface area contributed by atoms with Gasteiger partial charge in [0.25, 0.3) is 15.0 Å². The van der Waals surface area contributed by atoms with E-state index in [9.17, 15) is 13.2 Å². The fourth-order valence-electron chi connectivity index (χ4n) is 2.03. The highest BCUT2D eigenvalue weighted by atomic mass is 35.7. The maximum atomic E-state index is 12.2. The van der Waals surface area contributed by atoms with Crippen molar-refractivity contribution in [2.75, 3.05) is 0 Å². The van der Waals surface area contributed by atoms with Gasteiger partial charge in [-0.25, -0.2) is 8.42 Å². The van der Waals surface area contributed by atoms with Gasteiger partial charge >= 0.3 is 0 Å². The molecule has 0 radical (unpaired) electrons. The third kappa shape index (κ3) is 3.68. The molecule has 116 valence electrons. The van der Waals surface area contributed by atoms with Crippen molar-refractivity contribution in [3.63, 3.8) is 0 Å². The quantitative estimate of drug-likeness (QED) is 0.859. The smallest absolute Gasteiger partial charge is 0.261 e. The highest BCUT2D eigenvalue weighted by molar-refractivity contribution is 8.13. The van der Waals surface area contributed by atoms with Crippen LogP contribution in [0.4, 0.5) is 0 Å². The fraction of sp³-hybridized carbons (Fsp3) is 0.500. The predicted octanol–water partition coefficient (Wildman–Crippen LogP) is 2.22. The number of benzene rings is 1. The van der Waals surface area contributed by atoms with E-state index in [1.165, 1.54) is 18.2 Å². The van der Waals surface area contributed by atoms with Crippen LogP contribution < -0.4 is 10.1 Å². The molecule has 21 heavy (non-hydrogen) atoms. The van der Waals surface area contributed by atoms with Gasteiger partial charge in [-0.2, -0.15) is 0 Å². The van der Waals surface area contributed by atoms with E-state index in [0.717, 1.165) is 6.42 Å². The summed E-state index contributed by atoms with van der Waals surface area (Å²) in [6.07, 6.45) is 0.493. The van der Waals surface area contributed by atoms with Crippen LogP contribution in [0.1, 0.15) is 32.8 Å². The third-order valence-corrected chi connectivity index (χ3v) is 4.98. The molecular weight excluding hydrogens is 314 g/mol. The van der Waals surface area contributed by atoms with Crippen molar-refractivity contribution in [1.82, 2.24) is 5.32 Å². The normalized spacial score (nSPS) is 18.0. The Morgan fingerprint density at radius 2 is 2.14 bits per heavy atom. The average molecular weight is 332 g/mol. The summed E-state index contributed by atoms with van der Waals surface area (Å²) in [5.74, 6) is 0.321. The molecule has 2 rings (SSSR count). The van der Waals surface area contributed by atoms with E-state index in [-0.39, 0.29) is 16.3 Å². The Kier molecular flexibility index (Phi) is 4.22. The van der Waals surface area contributed by atoms with Crippen LogP contribution in [-0.4, -0.2) is 26.0 Å². The number of ether oxygens (including phenoxy) is 1. The molecule has 1 aliphatic heterocycles. The Morgan fingerprint density at radius 3 is 2.71 bits per heavy atom. The number of amides is 1. The highest BCUT2D eigenvalue weighted by Gasteiger charge is 2.32. The average Bonchev–Trinajstić information content (AvgIpc) is 2.80. The topological polar surface area (TPSA) is 72.5 Å². The first-order chi connectivity index (χ1) is 9.62. The molecule has 1 aromatic rings. The molecule has 0 fully saturated rings. The predicted molar refractivity (Wildman–Crippen MR) is 80.1 cm³/mol. The molecule has 1 atom stereocenters. The molecule has 7 heteroatoms. The number of carbonyl (C=O) groups is 1. The third-order valence-electron chi connectivity index (χ3n) is 3.63. The first-order valence-corrected chi connectivity index (χ1v) is 8.99. The molecule has 0 spiro atoms. The molecule has 0 bridgehead atoms. The number of rotatable bonds is 4. The number of hydrogen-bond acceptors (Lipinski definition) is 4. The first kappa shape index (κ1) is 16.1. The standard InChI is InChI=1S/C14H18ClNO4S/c1-4-14(2,3)16-13(17)12-8-9-7-10(21(15,18)19)5-6-11(9)20-12/h5-7,12H,4,8H2,1-3H3,(H,16,17). The minimum absolute atomic E-state index is 0.0152. The summed E-state index contributed by atoms with van der Waals surface area (Å²) in [4.78, 5) is 12.2. The first-order valence-electron chi connectivity index (χ1n) is 6.68. The lowest BCUT2D eigenvalue weighted by molar-refractivity contribution is -0.128. The SMILES string of the molecule is CCC(C)(C)NC(=O)C1Cc2cc(S(=O)(=O)Cl)ccc2O1. The maximum Gasteiger partial charge on any atom is 0.261 e. The van der Waals surface area contributed by atoms with Gasteiger partial charge in [0.15, 0.2) is 6.10 Å². The molecule has 0 aromatic heterocycles. The summed E-state index contributed by atoms with van der Waals surface area (Å²) in [5.41, 5.74) is 0.367. The van der Waals surface area contributed by atoms with Crippen LogP contribution in [0.2, 0.25) is 0 Å². The zero-order valence-corrected chi connectivity index (χ0v) is 13.7. The van der Waals surface area contributed by atoms with Crippen LogP contribution in [0, 0.1) is 0 Å². The van der Waals surface area contributed by atoms with Gasteiger partial charge in [-0.1, -0.05) is 6.92 Å². The van der Waals surface area contributed by atoms with Crippen molar-refractivity contribution in [3.8, 4) is 5.75 Å². The second-order valence-electron chi connectivity index (χ2n) is 5.74. The van der Waals surface area contributed by atoms with Gasteiger partial charge in [-0.3, -0.25) is 4.79 Å². The molecule has 0 saturated heterocycles. The van der Waals surface area contributed by atoms with Crippen LogP contribution in [-0.2, 0) is 20.3 Å². The molecule has 0 aliphatic carbocycles. The molecule has 1 amide bonds. The summed E-state index contributed by atoms with van der Waals surface area (Å²) in [6.45, 7) is 5.86. The monoisotopic (exact) mass is 331 g/mol. The van der Waals surface area contributed by atoms with Crippen molar-refractivity contribution in [2.24, 2.45) is 0 Å². The van der Waals surface area contributed by atoms with E-state index in [1.54, 1.807) is 0 Å². The van der Waals surface area contributed by atoms with Crippen LogP contribution in [0.5, 0.6) is 5.75 Å². The highest BCUT2D eigenvalue weighted by Crippen LogP contribution is 2.32. The van der Waals surface area contributed by atoms with E-state index >= 15 is 0 Å². The van der Waals surface area contributed by atoms with E-state index in [0.29, 0.717) is 17.7 Å². The van der Waals surface area contributed by atoms with E-state index in [4.69, 9.17) is 15.4 Å². The van der Waals surface area contributed by atoms with E-state index in [1.807, 2.05) is 20.8 Å². The molecule has 0 saturated carbocycles. The van der Waals surface area contributed by atoms with Crippen LogP contribution >= 0.6 is 10.7 Å². The number of hydrogen-bond donors (Lipinski definition) is 1. The van der Waals surface area contributed by atoms with Crippen molar-refractivity contribution < 1.29 is 17.9 Å². The zero-order chi connectivity index (χ0) is 15.8. The summed E-state index contributed by atoms with van der Waals surface area (Å²) in [5, 5.41) is 2.92. The number of carbonyl (C=O) groups excluding carboxylic acids is 1. The minimum Gasteiger partial charge on any atom is -0.480 e. The Hall–Kier alpha value is -1.27. The molecular formula is C14H18ClNO4S. The lowest BCUT2D eigenvalue weighted by atomic mass is 10.0. The summed E-state index contributed by atoms with van der Waals surface area (Å²) >= 11 is 0. The van der Waals surface area contributed by atoms with Crippen LogP contribution in [0.25, 0.3) is 0 Å². The van der Waals surface area contributed by atoms with Gasteiger partial charge in [-0.05, 0) is 44.0 Å². The van der Waals surface area contributed by atoms with E-state index < -0.39 is 15.2 Å². The summed E-state index contributed by atoms with van der Waals surface area (Å²) < 4.78 is 28.2. The molecule has 1 aliphatic rings. The fourth-order valence-corrected chi connectivity index (χ4v) is 2.83. The minimum atomic E-state index is -3.78. The number of halogens is 1. The zero-order valence-electron chi connectivity index (χ0n) is 12.1. The second kappa shape index (κ2) is 5.50. The van der Waals surface area contributed by atoms with Crippen molar-refractivity contribution in [2.45, 2.75) is 50.2 Å². The van der Waals surface area contributed by atoms with Crippen molar-refractivity contribution in [3.05, 3.63) is 23.8 Å². The Morgan fingerprint density at radius 1 is 1.48 bits per heavy atom. The van der Waals surface area contributed by atoms with Crippen LogP contribution in [0.3, 0.4) is 0 Å².